The summed E-state index contributed by atoms with van der Waals surface area (Å²) >= 11 is 13.0. The first-order valence-electron chi connectivity index (χ1n) is 11.8. The summed E-state index contributed by atoms with van der Waals surface area (Å²) in [6.07, 6.45) is 0.116. The Labute approximate surface area is 232 Å². The van der Waals surface area contributed by atoms with Gasteiger partial charge in [-0.2, -0.15) is 0 Å². The fraction of sp³-hybridized carbons (Fsp3) is 0.172. The Bertz CT molecular complexity index is 1640. The third-order valence-electron chi connectivity index (χ3n) is 5.89. The molecule has 0 atom stereocenters. The number of amides is 1. The van der Waals surface area contributed by atoms with Crippen LogP contribution in [0, 0.1) is 25.7 Å². The average Bonchev–Trinajstić information content (AvgIpc) is 3.15. The van der Waals surface area contributed by atoms with Crippen LogP contribution >= 0.6 is 23.2 Å². The Morgan fingerprint density at radius 2 is 1.63 bits per heavy atom. The molecule has 194 valence electrons. The van der Waals surface area contributed by atoms with Crippen molar-refractivity contribution in [2.45, 2.75) is 38.1 Å². The van der Waals surface area contributed by atoms with Crippen molar-refractivity contribution in [3.8, 4) is 11.8 Å². The lowest BCUT2D eigenvalue weighted by atomic mass is 10.1. The molecule has 1 amide bonds. The number of rotatable bonds is 7. The lowest BCUT2D eigenvalue weighted by molar-refractivity contribution is -0.119. The Hall–Kier alpha value is -3.57. The number of aromatic nitrogens is 2. The second-order valence-electron chi connectivity index (χ2n) is 8.75. The maximum absolute atomic E-state index is 12.5. The smallest absolute Gasteiger partial charge is 0.264 e. The van der Waals surface area contributed by atoms with Crippen molar-refractivity contribution in [3.63, 3.8) is 0 Å². The average molecular weight is 567 g/mol. The molecule has 9 heteroatoms. The number of hydrogen-bond donors (Lipinski definition) is 1. The van der Waals surface area contributed by atoms with Gasteiger partial charge in [-0.15, -0.1) is 0 Å². The molecule has 4 aromatic rings. The van der Waals surface area contributed by atoms with Crippen molar-refractivity contribution < 1.29 is 13.2 Å². The topological polar surface area (TPSA) is 81.1 Å². The van der Waals surface area contributed by atoms with Gasteiger partial charge in [0.1, 0.15) is 5.82 Å². The quantitative estimate of drug-likeness (QED) is 0.292. The van der Waals surface area contributed by atoms with Gasteiger partial charge in [-0.3, -0.25) is 4.79 Å². The molecule has 0 saturated carbocycles. The fourth-order valence-electron chi connectivity index (χ4n) is 3.82. The van der Waals surface area contributed by atoms with E-state index in [9.17, 15) is 13.2 Å². The maximum Gasteiger partial charge on any atom is 0.264 e. The van der Waals surface area contributed by atoms with Gasteiger partial charge in [0.2, 0.25) is 5.91 Å². The van der Waals surface area contributed by atoms with Gasteiger partial charge in [0.15, 0.2) is 5.15 Å². The first-order valence-corrected chi connectivity index (χ1v) is 14.1. The van der Waals surface area contributed by atoms with Gasteiger partial charge < -0.3 is 4.57 Å². The van der Waals surface area contributed by atoms with E-state index >= 15 is 0 Å². The number of carbonyl (C=O) groups is 1. The van der Waals surface area contributed by atoms with Gasteiger partial charge in [-0.1, -0.05) is 77.0 Å². The molecule has 0 aliphatic rings. The normalized spacial score (nSPS) is 11.1. The fourth-order valence-corrected chi connectivity index (χ4v) is 5.39. The molecular weight excluding hydrogens is 541 g/mol. The second kappa shape index (κ2) is 11.9. The van der Waals surface area contributed by atoms with Gasteiger partial charge in [-0.05, 0) is 62.2 Å². The molecule has 0 bridgehead atoms. The second-order valence-corrected chi connectivity index (χ2v) is 11.2. The number of carbonyl (C=O) groups excluding carboxylic acids is 1. The molecule has 0 saturated heterocycles. The SMILES string of the molecule is Cc1ccc(S(=O)(=O)NC(=O)CCc2c(Cl)nc(C)n2Cc2ccc(C#Cc3ccccc3)cc2Cl)cc1. The van der Waals surface area contributed by atoms with E-state index in [1.807, 2.05) is 66.9 Å². The first kappa shape index (κ1) is 27.5. The minimum atomic E-state index is -3.96. The lowest BCUT2D eigenvalue weighted by Crippen LogP contribution is -2.30. The van der Waals surface area contributed by atoms with Crippen molar-refractivity contribution in [3.05, 3.63) is 117 Å². The van der Waals surface area contributed by atoms with Gasteiger partial charge in [0.25, 0.3) is 10.0 Å². The summed E-state index contributed by atoms with van der Waals surface area (Å²) in [5, 5.41) is 0.806. The largest absolute Gasteiger partial charge is 0.326 e. The highest BCUT2D eigenvalue weighted by molar-refractivity contribution is 7.90. The zero-order valence-electron chi connectivity index (χ0n) is 20.8. The summed E-state index contributed by atoms with van der Waals surface area (Å²) in [4.78, 5) is 16.9. The van der Waals surface area contributed by atoms with E-state index in [4.69, 9.17) is 23.2 Å². The van der Waals surface area contributed by atoms with E-state index in [-0.39, 0.29) is 22.9 Å². The number of nitrogens with zero attached hydrogens (tertiary/aromatic N) is 2. The molecule has 0 spiro atoms. The molecule has 0 aliphatic carbocycles. The number of nitrogens with one attached hydrogen (secondary N) is 1. The summed E-state index contributed by atoms with van der Waals surface area (Å²) in [7, 11) is -3.96. The Morgan fingerprint density at radius 3 is 2.32 bits per heavy atom. The van der Waals surface area contributed by atoms with Crippen molar-refractivity contribution in [2.24, 2.45) is 0 Å². The Kier molecular flexibility index (Phi) is 8.58. The van der Waals surface area contributed by atoms with Gasteiger partial charge >= 0.3 is 0 Å². The summed E-state index contributed by atoms with van der Waals surface area (Å²) in [6.45, 7) is 4.05. The molecule has 0 unspecified atom stereocenters. The summed E-state index contributed by atoms with van der Waals surface area (Å²) in [6, 6.07) is 21.6. The van der Waals surface area contributed by atoms with Crippen LogP contribution in [0.25, 0.3) is 0 Å². The third kappa shape index (κ3) is 6.84. The summed E-state index contributed by atoms with van der Waals surface area (Å²) in [5.41, 5.74) is 4.08. The Morgan fingerprint density at radius 1 is 0.947 bits per heavy atom. The molecule has 4 rings (SSSR count). The van der Waals surface area contributed by atoms with Crippen LogP contribution in [0.4, 0.5) is 0 Å². The van der Waals surface area contributed by atoms with Crippen LogP contribution in [0.15, 0.2) is 77.7 Å². The van der Waals surface area contributed by atoms with Crippen LogP contribution in [0.2, 0.25) is 10.2 Å². The molecule has 1 heterocycles. The molecule has 38 heavy (non-hydrogen) atoms. The van der Waals surface area contributed by atoms with E-state index < -0.39 is 15.9 Å². The zero-order valence-corrected chi connectivity index (χ0v) is 23.2. The molecule has 1 N–H and O–H groups in total. The summed E-state index contributed by atoms with van der Waals surface area (Å²) < 4.78 is 29.1. The van der Waals surface area contributed by atoms with Crippen molar-refractivity contribution in [1.82, 2.24) is 14.3 Å². The molecule has 3 aromatic carbocycles. The number of aryl methyl sites for hydroxylation is 2. The van der Waals surface area contributed by atoms with Crippen molar-refractivity contribution in [1.29, 1.82) is 0 Å². The number of benzene rings is 3. The minimum Gasteiger partial charge on any atom is -0.326 e. The molecule has 6 nitrogen and oxygen atoms in total. The summed E-state index contributed by atoms with van der Waals surface area (Å²) in [5.74, 6) is 6.25. The van der Waals surface area contributed by atoms with Crippen LogP contribution < -0.4 is 4.72 Å². The van der Waals surface area contributed by atoms with Crippen molar-refractivity contribution in [2.75, 3.05) is 0 Å². The van der Waals surface area contributed by atoms with Crippen LogP contribution in [-0.2, 0) is 27.8 Å². The molecule has 0 fully saturated rings. The van der Waals surface area contributed by atoms with E-state index in [0.29, 0.717) is 23.1 Å². The van der Waals surface area contributed by atoms with E-state index in [0.717, 1.165) is 22.3 Å². The van der Waals surface area contributed by atoms with E-state index in [2.05, 4.69) is 21.5 Å². The number of hydrogen-bond acceptors (Lipinski definition) is 4. The number of sulfonamides is 1. The highest BCUT2D eigenvalue weighted by Crippen LogP contribution is 2.24. The minimum absolute atomic E-state index is 0.0296. The van der Waals surface area contributed by atoms with Crippen LogP contribution in [-0.4, -0.2) is 23.9 Å². The standard InChI is InChI=1S/C29H25Cl2N3O3S/c1-20-8-14-25(15-9-20)38(36,37)33-28(35)17-16-27-29(31)32-21(2)34(27)19-24-13-12-23(18-26(24)30)11-10-22-6-4-3-5-7-22/h3-9,12-15,18H,16-17,19H2,1-2H3,(H,33,35). The zero-order chi connectivity index (χ0) is 27.3. The lowest BCUT2D eigenvalue weighted by Gasteiger charge is -2.13. The van der Waals surface area contributed by atoms with Crippen molar-refractivity contribution >= 4 is 39.1 Å². The van der Waals surface area contributed by atoms with E-state index in [1.54, 1.807) is 12.1 Å². The molecule has 0 aliphatic heterocycles. The van der Waals surface area contributed by atoms with Crippen LogP contribution in [0.3, 0.4) is 0 Å². The number of halogens is 2. The molecular formula is C29H25Cl2N3O3S. The van der Waals surface area contributed by atoms with Gasteiger partial charge in [0, 0.05) is 22.6 Å². The van der Waals surface area contributed by atoms with Gasteiger partial charge in [0.05, 0.1) is 17.1 Å². The third-order valence-corrected chi connectivity index (χ3v) is 7.93. The highest BCUT2D eigenvalue weighted by atomic mass is 35.5. The van der Waals surface area contributed by atoms with Crippen LogP contribution in [0.1, 0.15) is 40.2 Å². The highest BCUT2D eigenvalue weighted by Gasteiger charge is 2.20. The Balaban J connectivity index is 1.45. The monoisotopic (exact) mass is 565 g/mol. The predicted molar refractivity (Wildman–Crippen MR) is 150 cm³/mol. The van der Waals surface area contributed by atoms with Crippen LogP contribution in [0.5, 0.6) is 0 Å². The number of imidazole rings is 1. The van der Waals surface area contributed by atoms with Gasteiger partial charge in [-0.25, -0.2) is 18.1 Å². The first-order chi connectivity index (χ1) is 18.1. The predicted octanol–water partition coefficient (Wildman–Crippen LogP) is 5.69. The molecule has 0 radical (unpaired) electrons. The molecule has 1 aromatic heterocycles. The van der Waals surface area contributed by atoms with E-state index in [1.165, 1.54) is 12.1 Å². The maximum atomic E-state index is 12.5.